The minimum absolute atomic E-state index is 0.188. The van der Waals surface area contributed by atoms with Gasteiger partial charge < -0.3 is 9.47 Å². The van der Waals surface area contributed by atoms with E-state index in [1.165, 1.54) is 39.8 Å². The molecule has 1 atom stereocenters. The van der Waals surface area contributed by atoms with Crippen molar-refractivity contribution in [1.82, 2.24) is 4.90 Å². The monoisotopic (exact) mass is 423 g/mol. The predicted molar refractivity (Wildman–Crippen MR) is 102 cm³/mol. The summed E-state index contributed by atoms with van der Waals surface area (Å²) >= 11 is 0. The molecule has 0 saturated heterocycles. The van der Waals surface area contributed by atoms with E-state index in [2.05, 4.69) is 0 Å². The number of hydrogen-bond acceptors (Lipinski definition) is 6. The molecule has 1 aromatic rings. The van der Waals surface area contributed by atoms with E-state index in [4.69, 9.17) is 9.47 Å². The van der Waals surface area contributed by atoms with Gasteiger partial charge in [0.25, 0.3) is 18.2 Å². The van der Waals surface area contributed by atoms with Gasteiger partial charge in [0.05, 0.1) is 17.7 Å². The number of nitrogens with zero attached hydrogens (tertiary/aromatic N) is 1. The average Bonchev–Trinajstić information content (AvgIpc) is 2.88. The van der Waals surface area contributed by atoms with Gasteiger partial charge in [0.1, 0.15) is 5.60 Å². The fourth-order valence-corrected chi connectivity index (χ4v) is 2.83. The van der Waals surface area contributed by atoms with Crippen molar-refractivity contribution in [3.8, 4) is 0 Å². The highest BCUT2D eigenvalue weighted by Crippen LogP contribution is 2.34. The van der Waals surface area contributed by atoms with Crippen molar-refractivity contribution in [3.63, 3.8) is 0 Å². The largest absolute Gasteiger partial charge is 0.465 e. The van der Waals surface area contributed by atoms with Crippen LogP contribution in [-0.2, 0) is 19.1 Å². The Morgan fingerprint density at radius 3 is 2.03 bits per heavy atom. The number of esters is 2. The first-order valence-electron chi connectivity index (χ1n) is 9.27. The van der Waals surface area contributed by atoms with Crippen LogP contribution >= 0.6 is 0 Å². The molecule has 1 aromatic carbocycles. The fraction of sp³-hybridized carbons (Fsp3) is 0.429. The molecule has 0 aliphatic carbocycles. The molecule has 0 radical (unpaired) electrons. The lowest BCUT2D eigenvalue weighted by Gasteiger charge is -2.29. The highest BCUT2D eigenvalue weighted by atomic mass is 19.3. The van der Waals surface area contributed by atoms with E-state index in [9.17, 15) is 28.0 Å². The minimum atomic E-state index is -3.48. The van der Waals surface area contributed by atoms with E-state index in [0.717, 1.165) is 11.0 Å². The zero-order chi connectivity index (χ0) is 22.7. The number of carbonyl (C=O) groups excluding carboxylic acids is 4. The molecular weight excluding hydrogens is 400 g/mol. The summed E-state index contributed by atoms with van der Waals surface area (Å²) in [5, 5.41) is 0. The van der Waals surface area contributed by atoms with Gasteiger partial charge in [-0.1, -0.05) is 24.3 Å². The highest BCUT2D eigenvalue weighted by Gasteiger charge is 2.56. The van der Waals surface area contributed by atoms with Crippen LogP contribution in [0.2, 0.25) is 0 Å². The number of ether oxygens (including phenoxy) is 2. The zero-order valence-electron chi connectivity index (χ0n) is 17.1. The zero-order valence-corrected chi connectivity index (χ0v) is 17.1. The molecule has 1 aliphatic heterocycles. The Morgan fingerprint density at radius 1 is 1.07 bits per heavy atom. The molecule has 1 heterocycles. The van der Waals surface area contributed by atoms with Crippen LogP contribution in [0.4, 0.5) is 8.78 Å². The van der Waals surface area contributed by atoms with Crippen LogP contribution in [0.3, 0.4) is 0 Å². The molecule has 162 valence electrons. The van der Waals surface area contributed by atoms with E-state index in [-0.39, 0.29) is 17.7 Å². The first-order chi connectivity index (χ1) is 14.0. The third-order valence-corrected chi connectivity index (χ3v) is 4.24. The van der Waals surface area contributed by atoms with Gasteiger partial charge in [-0.2, -0.15) is 0 Å². The van der Waals surface area contributed by atoms with Crippen molar-refractivity contribution >= 4 is 23.8 Å². The number of fused-ring (bicyclic) bond motifs is 1. The molecule has 30 heavy (non-hydrogen) atoms. The first-order valence-corrected chi connectivity index (χ1v) is 9.27. The maximum absolute atomic E-state index is 14.0. The number of imide groups is 1. The second-order valence-electron chi connectivity index (χ2n) is 7.56. The van der Waals surface area contributed by atoms with E-state index in [1.807, 2.05) is 0 Å². The average molecular weight is 423 g/mol. The van der Waals surface area contributed by atoms with Crippen LogP contribution in [0.5, 0.6) is 0 Å². The molecule has 2 amide bonds. The Hall–Kier alpha value is -3.10. The number of halogens is 2. The molecule has 0 spiro atoms. The summed E-state index contributed by atoms with van der Waals surface area (Å²) in [7, 11) is 0. The summed E-state index contributed by atoms with van der Waals surface area (Å²) in [5.74, 6) is -4.16. The highest BCUT2D eigenvalue weighted by molar-refractivity contribution is 6.21. The molecule has 0 saturated carbocycles. The van der Waals surface area contributed by atoms with Gasteiger partial charge in [0.15, 0.2) is 0 Å². The summed E-state index contributed by atoms with van der Waals surface area (Å²) in [6, 6.07) is 6.13. The Morgan fingerprint density at radius 2 is 1.60 bits per heavy atom. The second kappa shape index (κ2) is 8.73. The van der Waals surface area contributed by atoms with Crippen molar-refractivity contribution in [3.05, 3.63) is 47.5 Å². The van der Waals surface area contributed by atoms with Crippen molar-refractivity contribution in [2.75, 3.05) is 13.2 Å². The molecule has 0 bridgehead atoms. The molecule has 2 rings (SSSR count). The molecule has 7 nitrogen and oxygen atoms in total. The van der Waals surface area contributed by atoms with Gasteiger partial charge in [-0.05, 0) is 39.8 Å². The molecular formula is C21H23F2NO6. The van der Waals surface area contributed by atoms with Crippen molar-refractivity contribution in [2.24, 2.45) is 5.41 Å². The van der Waals surface area contributed by atoms with Crippen LogP contribution < -0.4 is 0 Å². The quantitative estimate of drug-likeness (QED) is 0.290. The van der Waals surface area contributed by atoms with Gasteiger partial charge in [-0.3, -0.25) is 24.1 Å². The Balaban J connectivity index is 2.35. The minimum Gasteiger partial charge on any atom is -0.465 e. The molecule has 0 fully saturated rings. The molecule has 1 unspecified atom stereocenters. The van der Waals surface area contributed by atoms with E-state index in [1.54, 1.807) is 12.1 Å². The maximum Gasteiger partial charge on any atom is 0.334 e. The predicted octanol–water partition coefficient (Wildman–Crippen LogP) is 3.00. The fourth-order valence-electron chi connectivity index (χ4n) is 2.83. The Labute approximate surface area is 172 Å². The summed E-state index contributed by atoms with van der Waals surface area (Å²) in [6.07, 6.45) is -1.84. The van der Waals surface area contributed by atoms with Gasteiger partial charge in [0, 0.05) is 6.54 Å². The van der Waals surface area contributed by atoms with Crippen LogP contribution in [0.1, 0.15) is 48.4 Å². The van der Waals surface area contributed by atoms with E-state index >= 15 is 0 Å². The smallest absolute Gasteiger partial charge is 0.334 e. The number of amides is 2. The number of hydrogen-bond donors (Lipinski definition) is 0. The second-order valence-corrected chi connectivity index (χ2v) is 7.56. The van der Waals surface area contributed by atoms with Crippen molar-refractivity contribution < 1.29 is 37.4 Å². The maximum atomic E-state index is 14.0. The van der Waals surface area contributed by atoms with E-state index in [0.29, 0.717) is 6.08 Å². The van der Waals surface area contributed by atoms with Gasteiger partial charge >= 0.3 is 11.9 Å². The summed E-state index contributed by atoms with van der Waals surface area (Å²) in [5.41, 5.74) is -3.79. The van der Waals surface area contributed by atoms with Gasteiger partial charge in [-0.15, -0.1) is 0 Å². The third-order valence-electron chi connectivity index (χ3n) is 4.24. The van der Waals surface area contributed by atoms with Crippen LogP contribution in [0.15, 0.2) is 36.4 Å². The van der Waals surface area contributed by atoms with E-state index < -0.39 is 47.7 Å². The summed E-state index contributed by atoms with van der Waals surface area (Å²) in [4.78, 5) is 50.6. The van der Waals surface area contributed by atoms with Crippen LogP contribution in [0.25, 0.3) is 0 Å². The molecule has 0 aromatic heterocycles. The lowest BCUT2D eigenvalue weighted by molar-refractivity contribution is -0.185. The van der Waals surface area contributed by atoms with Crippen LogP contribution in [-0.4, -0.2) is 53.8 Å². The third kappa shape index (κ3) is 4.39. The van der Waals surface area contributed by atoms with Crippen molar-refractivity contribution in [1.29, 1.82) is 0 Å². The topological polar surface area (TPSA) is 90.0 Å². The lowest BCUT2D eigenvalue weighted by atomic mass is 9.87. The summed E-state index contributed by atoms with van der Waals surface area (Å²) in [6.45, 7) is 5.16. The molecule has 9 heteroatoms. The standard InChI is InChI=1S/C21H23F2NO6/c1-5-29-18(27)21(17(22)23,19(28)30-20(2,3)4)11-8-12-24-15(25)13-9-6-7-10-14(13)16(24)26/h6-11,17H,5,12H2,1-4H3. The Kier molecular flexibility index (Phi) is 6.74. The van der Waals surface area contributed by atoms with Gasteiger partial charge in [0.2, 0.25) is 5.41 Å². The lowest BCUT2D eigenvalue weighted by Crippen LogP contribution is -2.48. The van der Waals surface area contributed by atoms with Gasteiger partial charge in [-0.25, -0.2) is 8.78 Å². The van der Waals surface area contributed by atoms with Crippen LogP contribution in [0, 0.1) is 5.41 Å². The number of carbonyl (C=O) groups is 4. The number of benzene rings is 1. The SMILES string of the molecule is CCOC(=O)C(C=CCN1C(=O)c2ccccc2C1=O)(C(=O)OC(C)(C)C)C(F)F. The number of alkyl halides is 2. The van der Waals surface area contributed by atoms with Crippen molar-refractivity contribution in [2.45, 2.75) is 39.7 Å². The first kappa shape index (κ1) is 23.2. The molecule has 1 aliphatic rings. The summed E-state index contributed by atoms with van der Waals surface area (Å²) < 4.78 is 37.8. The molecule has 0 N–H and O–H groups in total. The Bertz CT molecular complexity index is 855. The normalized spacial score (nSPS) is 16.0. The number of rotatable bonds is 7.